The summed E-state index contributed by atoms with van der Waals surface area (Å²) >= 11 is 12.2. The van der Waals surface area contributed by atoms with E-state index in [9.17, 15) is 8.42 Å². The third-order valence-electron chi connectivity index (χ3n) is 4.19. The average Bonchev–Trinajstić information content (AvgIpc) is 2.57. The number of halogens is 2. The summed E-state index contributed by atoms with van der Waals surface area (Å²) in [5.74, 6) is 0.337. The highest BCUT2D eigenvalue weighted by atomic mass is 35.5. The number of nitrogens with one attached hydrogen (secondary N) is 1. The number of hydrogen-bond acceptors (Lipinski definition) is 3. The van der Waals surface area contributed by atoms with Gasteiger partial charge in [-0.1, -0.05) is 47.5 Å². The van der Waals surface area contributed by atoms with E-state index in [2.05, 4.69) is 4.72 Å². The number of methoxy groups -OCH3 is 1. The maximum absolute atomic E-state index is 12.8. The minimum Gasteiger partial charge on any atom is -0.495 e. The van der Waals surface area contributed by atoms with E-state index in [-0.39, 0.29) is 21.0 Å². The van der Waals surface area contributed by atoms with Gasteiger partial charge in [0, 0.05) is 6.04 Å². The summed E-state index contributed by atoms with van der Waals surface area (Å²) in [5.41, 5.74) is 2.19. The van der Waals surface area contributed by atoms with Crippen LogP contribution < -0.4 is 9.46 Å². The first-order chi connectivity index (χ1) is 11.4. The maximum Gasteiger partial charge on any atom is 0.242 e. The molecule has 2 aromatic rings. The molecule has 0 spiro atoms. The molecule has 2 aromatic carbocycles. The zero-order valence-corrected chi connectivity index (χ0v) is 15.4. The van der Waals surface area contributed by atoms with Crippen LogP contribution >= 0.6 is 23.2 Å². The first-order valence-electron chi connectivity index (χ1n) is 7.56. The number of fused-ring (bicyclic) bond motifs is 1. The van der Waals surface area contributed by atoms with Crippen molar-refractivity contribution >= 4 is 33.2 Å². The number of sulfonamides is 1. The lowest BCUT2D eigenvalue weighted by molar-refractivity contribution is 0.414. The molecule has 0 heterocycles. The Morgan fingerprint density at radius 2 is 1.88 bits per heavy atom. The summed E-state index contributed by atoms with van der Waals surface area (Å²) < 4.78 is 33.4. The Morgan fingerprint density at radius 1 is 1.12 bits per heavy atom. The van der Waals surface area contributed by atoms with Crippen molar-refractivity contribution in [1.29, 1.82) is 0 Å². The quantitative estimate of drug-likeness (QED) is 0.850. The topological polar surface area (TPSA) is 55.4 Å². The Balaban J connectivity index is 1.95. The fourth-order valence-corrected chi connectivity index (χ4v) is 5.10. The zero-order valence-electron chi connectivity index (χ0n) is 13.1. The van der Waals surface area contributed by atoms with Crippen molar-refractivity contribution in [1.82, 2.24) is 4.72 Å². The van der Waals surface area contributed by atoms with Crippen LogP contribution in [0.15, 0.2) is 41.3 Å². The van der Waals surface area contributed by atoms with Gasteiger partial charge in [-0.05, 0) is 42.5 Å². The summed E-state index contributed by atoms with van der Waals surface area (Å²) in [6.07, 6.45) is 2.64. The van der Waals surface area contributed by atoms with Crippen LogP contribution in [0.5, 0.6) is 5.75 Å². The molecule has 3 rings (SSSR count). The van der Waals surface area contributed by atoms with Gasteiger partial charge in [0.1, 0.15) is 15.7 Å². The van der Waals surface area contributed by atoms with Crippen LogP contribution in [-0.4, -0.2) is 15.5 Å². The maximum atomic E-state index is 12.8. The fraction of sp³-hybridized carbons (Fsp3) is 0.294. The second-order valence-corrected chi connectivity index (χ2v) is 8.10. The molecular formula is C17H17Cl2NO3S. The number of ether oxygens (including phenoxy) is 1. The predicted octanol–water partition coefficient (Wildman–Crippen LogP) is 4.36. The molecule has 0 amide bonds. The molecule has 0 aliphatic heterocycles. The van der Waals surface area contributed by atoms with E-state index in [1.54, 1.807) is 0 Å². The Morgan fingerprint density at radius 3 is 2.62 bits per heavy atom. The summed E-state index contributed by atoms with van der Waals surface area (Å²) in [5, 5.41) is 0.0543. The predicted molar refractivity (Wildman–Crippen MR) is 95.5 cm³/mol. The molecular weight excluding hydrogens is 369 g/mol. The van der Waals surface area contributed by atoms with Gasteiger partial charge < -0.3 is 4.74 Å². The minimum absolute atomic E-state index is 0.0346. The molecule has 0 unspecified atom stereocenters. The molecule has 1 aliphatic carbocycles. The number of benzene rings is 2. The third-order valence-corrected chi connectivity index (χ3v) is 6.68. The smallest absolute Gasteiger partial charge is 0.242 e. The van der Waals surface area contributed by atoms with E-state index in [1.165, 1.54) is 24.8 Å². The van der Waals surface area contributed by atoms with Crippen LogP contribution in [0.25, 0.3) is 0 Å². The van der Waals surface area contributed by atoms with Crippen molar-refractivity contribution in [2.24, 2.45) is 0 Å². The van der Waals surface area contributed by atoms with Crippen LogP contribution in [-0.2, 0) is 16.4 Å². The molecule has 1 atom stereocenters. The molecule has 7 heteroatoms. The van der Waals surface area contributed by atoms with Crippen molar-refractivity contribution in [2.75, 3.05) is 7.11 Å². The largest absolute Gasteiger partial charge is 0.495 e. The van der Waals surface area contributed by atoms with E-state index in [0.717, 1.165) is 24.8 Å². The van der Waals surface area contributed by atoms with Crippen LogP contribution in [0.3, 0.4) is 0 Å². The molecule has 4 nitrogen and oxygen atoms in total. The van der Waals surface area contributed by atoms with Crippen molar-refractivity contribution in [3.63, 3.8) is 0 Å². The van der Waals surface area contributed by atoms with Gasteiger partial charge in [0.05, 0.1) is 12.1 Å². The third kappa shape index (κ3) is 3.26. The molecule has 0 radical (unpaired) electrons. The first kappa shape index (κ1) is 17.5. The molecule has 1 N–H and O–H groups in total. The Kier molecular flexibility index (Phi) is 5.06. The highest BCUT2D eigenvalue weighted by Gasteiger charge is 2.28. The lowest BCUT2D eigenvalue weighted by atomic mass is 9.88. The second kappa shape index (κ2) is 6.92. The van der Waals surface area contributed by atoms with Gasteiger partial charge in [0.2, 0.25) is 10.0 Å². The second-order valence-electron chi connectivity index (χ2n) is 5.66. The standard InChI is InChI=1S/C17H17Cl2NO3S/c1-23-14-9-10-15(17(19)16(14)18)24(21,22)20-13-8-4-6-11-5-2-3-7-12(11)13/h2-3,5,7,9-10,13,20H,4,6,8H2,1H3/t13-/m1/s1. The summed E-state index contributed by atoms with van der Waals surface area (Å²) in [4.78, 5) is -0.0435. The van der Waals surface area contributed by atoms with Crippen LogP contribution in [0.4, 0.5) is 0 Å². The Bertz CT molecular complexity index is 868. The molecule has 128 valence electrons. The number of rotatable bonds is 4. The highest BCUT2D eigenvalue weighted by molar-refractivity contribution is 7.89. The monoisotopic (exact) mass is 385 g/mol. The van der Waals surface area contributed by atoms with E-state index in [4.69, 9.17) is 27.9 Å². The van der Waals surface area contributed by atoms with Gasteiger partial charge in [-0.3, -0.25) is 0 Å². The van der Waals surface area contributed by atoms with E-state index in [0.29, 0.717) is 5.75 Å². The van der Waals surface area contributed by atoms with Crippen molar-refractivity contribution < 1.29 is 13.2 Å². The van der Waals surface area contributed by atoms with Crippen LogP contribution in [0, 0.1) is 0 Å². The number of hydrogen-bond donors (Lipinski definition) is 1. The first-order valence-corrected chi connectivity index (χ1v) is 9.80. The van der Waals surface area contributed by atoms with Gasteiger partial charge in [-0.25, -0.2) is 13.1 Å². The Hall–Kier alpha value is -1.27. The Labute approximate surface area is 151 Å². The molecule has 0 bridgehead atoms. The van der Waals surface area contributed by atoms with Crippen LogP contribution in [0.2, 0.25) is 10.0 Å². The van der Waals surface area contributed by atoms with Crippen molar-refractivity contribution in [3.05, 3.63) is 57.6 Å². The summed E-state index contributed by atoms with van der Waals surface area (Å²) in [6.45, 7) is 0. The van der Waals surface area contributed by atoms with Gasteiger partial charge >= 0.3 is 0 Å². The summed E-state index contributed by atoms with van der Waals surface area (Å²) in [6, 6.07) is 10.5. The lowest BCUT2D eigenvalue weighted by Crippen LogP contribution is -2.31. The molecule has 0 saturated carbocycles. The SMILES string of the molecule is COc1ccc(S(=O)(=O)N[C@@H]2CCCc3ccccc32)c(Cl)c1Cl. The molecule has 0 fully saturated rings. The average molecular weight is 386 g/mol. The molecule has 0 saturated heterocycles. The summed E-state index contributed by atoms with van der Waals surface area (Å²) in [7, 11) is -2.36. The van der Waals surface area contributed by atoms with Crippen LogP contribution in [0.1, 0.15) is 30.0 Å². The normalized spacial score (nSPS) is 17.4. The van der Waals surface area contributed by atoms with E-state index >= 15 is 0 Å². The minimum atomic E-state index is -3.80. The molecule has 1 aliphatic rings. The van der Waals surface area contributed by atoms with Crippen molar-refractivity contribution in [3.8, 4) is 5.75 Å². The van der Waals surface area contributed by atoms with E-state index < -0.39 is 10.0 Å². The number of aryl methyl sites for hydroxylation is 1. The van der Waals surface area contributed by atoms with Gasteiger partial charge in [0.25, 0.3) is 0 Å². The highest BCUT2D eigenvalue weighted by Crippen LogP contribution is 2.38. The van der Waals surface area contributed by atoms with Gasteiger partial charge in [0.15, 0.2) is 0 Å². The molecule has 0 aromatic heterocycles. The van der Waals surface area contributed by atoms with E-state index in [1.807, 2.05) is 24.3 Å². The van der Waals surface area contributed by atoms with Gasteiger partial charge in [-0.15, -0.1) is 0 Å². The molecule has 24 heavy (non-hydrogen) atoms. The lowest BCUT2D eigenvalue weighted by Gasteiger charge is -2.26. The zero-order chi connectivity index (χ0) is 17.3. The van der Waals surface area contributed by atoms with Gasteiger partial charge in [-0.2, -0.15) is 0 Å². The van der Waals surface area contributed by atoms with Crippen molar-refractivity contribution in [2.45, 2.75) is 30.2 Å². The fourth-order valence-electron chi connectivity index (χ4n) is 3.01.